The van der Waals surface area contributed by atoms with Gasteiger partial charge in [0.2, 0.25) is 5.91 Å². The van der Waals surface area contributed by atoms with Gasteiger partial charge in [-0.05, 0) is 37.1 Å². The Balaban J connectivity index is 1.62. The van der Waals surface area contributed by atoms with Crippen LogP contribution < -0.4 is 5.32 Å². The van der Waals surface area contributed by atoms with Crippen molar-refractivity contribution in [1.29, 1.82) is 0 Å². The first-order chi connectivity index (χ1) is 10.8. The van der Waals surface area contributed by atoms with Crippen molar-refractivity contribution in [3.8, 4) is 0 Å². The van der Waals surface area contributed by atoms with Gasteiger partial charge < -0.3 is 10.2 Å². The second-order valence-electron chi connectivity index (χ2n) is 6.33. The van der Waals surface area contributed by atoms with Gasteiger partial charge in [-0.1, -0.05) is 31.7 Å². The molecule has 0 bridgehead atoms. The van der Waals surface area contributed by atoms with Gasteiger partial charge in [-0.2, -0.15) is 0 Å². The molecule has 1 atom stereocenters. The first kappa shape index (κ1) is 15.5. The summed E-state index contributed by atoms with van der Waals surface area (Å²) in [6, 6.07) is 3.74. The molecule has 0 spiro atoms. The van der Waals surface area contributed by atoms with Crippen LogP contribution >= 0.6 is 11.3 Å². The van der Waals surface area contributed by atoms with Gasteiger partial charge in [-0.15, -0.1) is 11.3 Å². The summed E-state index contributed by atoms with van der Waals surface area (Å²) in [4.78, 5) is 27.6. The first-order valence-electron chi connectivity index (χ1n) is 8.40. The Morgan fingerprint density at radius 1 is 1.09 bits per heavy atom. The number of nitrogens with zero attached hydrogens (tertiary/aromatic N) is 1. The number of carbonyl (C=O) groups is 2. The van der Waals surface area contributed by atoms with Crippen LogP contribution in [0.4, 0.5) is 0 Å². The number of nitrogens with one attached hydrogen (secondary N) is 1. The molecular formula is C17H24N2O2S. The molecule has 5 heteroatoms. The smallest absolute Gasteiger partial charge is 0.264 e. The lowest BCUT2D eigenvalue weighted by Crippen LogP contribution is -2.48. The Morgan fingerprint density at radius 2 is 1.86 bits per heavy atom. The minimum absolute atomic E-state index is 0.00789. The lowest BCUT2D eigenvalue weighted by molar-refractivity contribution is -0.125. The molecule has 2 fully saturated rings. The SMILES string of the molecule is O=C(NC1CCCCCC1)C1CCCN1C(=O)c1cccs1. The molecule has 1 saturated heterocycles. The van der Waals surface area contributed by atoms with Gasteiger partial charge in [0.25, 0.3) is 5.91 Å². The molecule has 2 amide bonds. The lowest BCUT2D eigenvalue weighted by Gasteiger charge is -2.26. The summed E-state index contributed by atoms with van der Waals surface area (Å²) in [6.07, 6.45) is 8.82. The van der Waals surface area contributed by atoms with Crippen molar-refractivity contribution in [2.75, 3.05) is 6.54 Å². The van der Waals surface area contributed by atoms with Crippen LogP contribution in [0.1, 0.15) is 61.0 Å². The maximum atomic E-state index is 12.6. The number of amides is 2. The standard InChI is InChI=1S/C17H24N2O2S/c20-16(18-13-7-3-1-2-4-8-13)14-9-5-11-19(14)17(21)15-10-6-12-22-15/h6,10,12-14H,1-5,7-9,11H2,(H,18,20). The Hall–Kier alpha value is -1.36. The number of likely N-dealkylation sites (tertiary alicyclic amines) is 1. The average Bonchev–Trinajstić information content (AvgIpc) is 3.16. The molecule has 4 nitrogen and oxygen atoms in total. The zero-order chi connectivity index (χ0) is 15.4. The van der Waals surface area contributed by atoms with E-state index in [4.69, 9.17) is 0 Å². The third-order valence-electron chi connectivity index (χ3n) is 4.75. The summed E-state index contributed by atoms with van der Waals surface area (Å²) < 4.78 is 0. The van der Waals surface area contributed by atoms with E-state index in [0.717, 1.165) is 30.6 Å². The van der Waals surface area contributed by atoms with E-state index in [1.807, 2.05) is 17.5 Å². The summed E-state index contributed by atoms with van der Waals surface area (Å²) in [7, 11) is 0. The van der Waals surface area contributed by atoms with E-state index in [1.165, 1.54) is 37.0 Å². The first-order valence-corrected chi connectivity index (χ1v) is 9.28. The van der Waals surface area contributed by atoms with Gasteiger partial charge in [0.15, 0.2) is 0 Å². The van der Waals surface area contributed by atoms with Gasteiger partial charge in [0, 0.05) is 12.6 Å². The molecule has 3 rings (SSSR count). The largest absolute Gasteiger partial charge is 0.352 e. The molecule has 1 aliphatic carbocycles. The fraction of sp³-hybridized carbons (Fsp3) is 0.647. The van der Waals surface area contributed by atoms with Crippen LogP contribution in [-0.2, 0) is 4.79 Å². The van der Waals surface area contributed by atoms with E-state index in [0.29, 0.717) is 12.6 Å². The number of rotatable bonds is 3. The predicted octanol–water partition coefficient (Wildman–Crippen LogP) is 3.19. The Kier molecular flexibility index (Phi) is 5.13. The quantitative estimate of drug-likeness (QED) is 0.870. The molecule has 1 aromatic heterocycles. The van der Waals surface area contributed by atoms with E-state index in [2.05, 4.69) is 5.32 Å². The van der Waals surface area contributed by atoms with Crippen molar-refractivity contribution in [3.05, 3.63) is 22.4 Å². The molecule has 0 radical (unpaired) electrons. The maximum absolute atomic E-state index is 12.6. The second kappa shape index (κ2) is 7.27. The van der Waals surface area contributed by atoms with Gasteiger partial charge in [0.05, 0.1) is 4.88 Å². The van der Waals surface area contributed by atoms with Crippen molar-refractivity contribution in [2.45, 2.75) is 63.5 Å². The van der Waals surface area contributed by atoms with E-state index in [-0.39, 0.29) is 17.9 Å². The topological polar surface area (TPSA) is 49.4 Å². The number of carbonyl (C=O) groups excluding carboxylic acids is 2. The lowest BCUT2D eigenvalue weighted by atomic mass is 10.1. The Labute approximate surface area is 135 Å². The third-order valence-corrected chi connectivity index (χ3v) is 5.61. The van der Waals surface area contributed by atoms with Crippen LogP contribution in [-0.4, -0.2) is 35.3 Å². The Morgan fingerprint density at radius 3 is 2.55 bits per heavy atom. The van der Waals surface area contributed by atoms with Gasteiger partial charge in [-0.3, -0.25) is 9.59 Å². The molecule has 1 aromatic rings. The van der Waals surface area contributed by atoms with Crippen molar-refractivity contribution in [2.24, 2.45) is 0 Å². The fourth-order valence-corrected chi connectivity index (χ4v) is 4.22. The van der Waals surface area contributed by atoms with E-state index < -0.39 is 0 Å². The fourth-order valence-electron chi connectivity index (χ4n) is 3.55. The average molecular weight is 320 g/mol. The minimum Gasteiger partial charge on any atom is -0.352 e. The second-order valence-corrected chi connectivity index (χ2v) is 7.28. The highest BCUT2D eigenvalue weighted by molar-refractivity contribution is 7.12. The van der Waals surface area contributed by atoms with E-state index in [1.54, 1.807) is 4.90 Å². The molecule has 1 N–H and O–H groups in total. The molecule has 2 heterocycles. The molecule has 2 aliphatic rings. The van der Waals surface area contributed by atoms with E-state index >= 15 is 0 Å². The monoisotopic (exact) mass is 320 g/mol. The predicted molar refractivity (Wildman–Crippen MR) is 88.0 cm³/mol. The van der Waals surface area contributed by atoms with Crippen LogP contribution in [0.15, 0.2) is 17.5 Å². The van der Waals surface area contributed by atoms with Gasteiger partial charge in [-0.25, -0.2) is 0 Å². The van der Waals surface area contributed by atoms with Crippen molar-refractivity contribution in [3.63, 3.8) is 0 Å². The van der Waals surface area contributed by atoms with E-state index in [9.17, 15) is 9.59 Å². The highest BCUT2D eigenvalue weighted by atomic mass is 32.1. The third kappa shape index (κ3) is 3.51. The van der Waals surface area contributed by atoms with Gasteiger partial charge in [0.1, 0.15) is 6.04 Å². The number of hydrogen-bond acceptors (Lipinski definition) is 3. The van der Waals surface area contributed by atoms with Crippen molar-refractivity contribution in [1.82, 2.24) is 10.2 Å². The molecular weight excluding hydrogens is 296 g/mol. The van der Waals surface area contributed by atoms with Crippen LogP contribution in [0, 0.1) is 0 Å². The molecule has 1 unspecified atom stereocenters. The molecule has 120 valence electrons. The summed E-state index contributed by atoms with van der Waals surface area (Å²) in [5, 5.41) is 5.11. The summed E-state index contributed by atoms with van der Waals surface area (Å²) in [6.45, 7) is 0.694. The normalized spacial score (nSPS) is 23.3. The molecule has 22 heavy (non-hydrogen) atoms. The minimum atomic E-state index is -0.280. The zero-order valence-electron chi connectivity index (χ0n) is 12.9. The number of hydrogen-bond donors (Lipinski definition) is 1. The molecule has 1 aliphatic heterocycles. The van der Waals surface area contributed by atoms with Crippen LogP contribution in [0.2, 0.25) is 0 Å². The highest BCUT2D eigenvalue weighted by Gasteiger charge is 2.35. The molecule has 1 saturated carbocycles. The van der Waals surface area contributed by atoms with Crippen LogP contribution in [0.25, 0.3) is 0 Å². The van der Waals surface area contributed by atoms with Crippen LogP contribution in [0.3, 0.4) is 0 Å². The summed E-state index contributed by atoms with van der Waals surface area (Å²) in [5.41, 5.74) is 0. The van der Waals surface area contributed by atoms with Crippen molar-refractivity contribution >= 4 is 23.2 Å². The van der Waals surface area contributed by atoms with Crippen molar-refractivity contribution < 1.29 is 9.59 Å². The van der Waals surface area contributed by atoms with Crippen LogP contribution in [0.5, 0.6) is 0 Å². The number of thiophene rings is 1. The maximum Gasteiger partial charge on any atom is 0.264 e. The zero-order valence-corrected chi connectivity index (χ0v) is 13.7. The summed E-state index contributed by atoms with van der Waals surface area (Å²) in [5.74, 6) is 0.0582. The highest BCUT2D eigenvalue weighted by Crippen LogP contribution is 2.23. The Bertz CT molecular complexity index is 507. The molecule has 0 aromatic carbocycles. The summed E-state index contributed by atoms with van der Waals surface area (Å²) >= 11 is 1.45. The van der Waals surface area contributed by atoms with Gasteiger partial charge >= 0.3 is 0 Å².